The molecule has 0 bridgehead atoms. The number of carbonyl (C=O) groups is 1. The third-order valence-electron chi connectivity index (χ3n) is 11.5. The molecule has 4 aliphatic carbocycles. The summed E-state index contributed by atoms with van der Waals surface area (Å²) in [4.78, 5) is 12.7. The summed E-state index contributed by atoms with van der Waals surface area (Å²) < 4.78 is 5.99. The molecule has 4 unspecified atom stereocenters. The summed E-state index contributed by atoms with van der Waals surface area (Å²) >= 11 is 5.99. The Labute approximate surface area is 231 Å². The fourth-order valence-electron chi connectivity index (χ4n) is 9.29. The molecular weight excluding hydrogens is 476 g/mol. The highest BCUT2D eigenvalue weighted by Crippen LogP contribution is 2.66. The lowest BCUT2D eigenvalue weighted by Crippen LogP contribution is -2.50. The number of hydrogen-bond donors (Lipinski definition) is 0. The Hall–Kier alpha value is -1.28. The number of halogens is 1. The minimum absolute atomic E-state index is 0.00102. The van der Waals surface area contributed by atoms with Gasteiger partial charge in [0.15, 0.2) is 0 Å². The maximum Gasteiger partial charge on any atom is 0.338 e. The van der Waals surface area contributed by atoms with Gasteiger partial charge in [-0.25, -0.2) is 4.79 Å². The number of unbranched alkanes of at least 4 members (excludes halogenated alkanes) is 5. The Morgan fingerprint density at radius 2 is 1.70 bits per heavy atom. The predicted molar refractivity (Wildman–Crippen MR) is 154 cm³/mol. The molecule has 1 aromatic carbocycles. The number of hydrogen-bond acceptors (Lipinski definition) is 2. The van der Waals surface area contributed by atoms with E-state index in [1.807, 2.05) is 0 Å². The van der Waals surface area contributed by atoms with E-state index < -0.39 is 0 Å². The molecule has 0 aliphatic heterocycles. The number of rotatable bonds is 9. The Balaban J connectivity index is 1.20. The molecule has 3 fully saturated rings. The number of carbonyl (C=O) groups excluding carboxylic acids is 1. The molecule has 204 valence electrons. The van der Waals surface area contributed by atoms with E-state index in [4.69, 9.17) is 16.3 Å². The van der Waals surface area contributed by atoms with Gasteiger partial charge in [0.1, 0.15) is 6.10 Å². The summed E-state index contributed by atoms with van der Waals surface area (Å²) in [6, 6.07) is 7.06. The molecule has 0 aromatic heterocycles. The van der Waals surface area contributed by atoms with Gasteiger partial charge in [0.2, 0.25) is 0 Å². The van der Waals surface area contributed by atoms with Crippen LogP contribution in [0.3, 0.4) is 0 Å². The van der Waals surface area contributed by atoms with Gasteiger partial charge in [-0.15, -0.1) is 0 Å². The zero-order valence-electron chi connectivity index (χ0n) is 23.6. The highest BCUT2D eigenvalue weighted by molar-refractivity contribution is 6.30. The molecule has 4 aliphatic rings. The summed E-state index contributed by atoms with van der Waals surface area (Å²) in [6.45, 7) is 7.54. The fourth-order valence-corrected chi connectivity index (χ4v) is 9.41. The number of fused-ring (bicyclic) bond motifs is 5. The average Bonchev–Trinajstić information content (AvgIpc) is 3.23. The highest BCUT2D eigenvalue weighted by Gasteiger charge is 2.58. The summed E-state index contributed by atoms with van der Waals surface area (Å²) in [6.07, 6.45) is 22.6. The second-order valence-electron chi connectivity index (χ2n) is 13.4. The van der Waals surface area contributed by atoms with E-state index in [9.17, 15) is 4.79 Å². The second-order valence-corrected chi connectivity index (χ2v) is 13.8. The first-order chi connectivity index (χ1) is 17.8. The fraction of sp³-hybridized carbons (Fsp3) is 0.735. The molecule has 37 heavy (non-hydrogen) atoms. The topological polar surface area (TPSA) is 26.3 Å². The van der Waals surface area contributed by atoms with E-state index in [-0.39, 0.29) is 12.1 Å². The van der Waals surface area contributed by atoms with Crippen molar-refractivity contribution >= 4 is 17.6 Å². The van der Waals surface area contributed by atoms with Crippen LogP contribution in [0.2, 0.25) is 5.02 Å². The van der Waals surface area contributed by atoms with Crippen LogP contribution in [-0.2, 0) is 4.74 Å². The normalized spacial score (nSPS) is 36.8. The van der Waals surface area contributed by atoms with Crippen molar-refractivity contribution in [3.8, 4) is 0 Å². The van der Waals surface area contributed by atoms with Crippen LogP contribution in [-0.4, -0.2) is 12.1 Å². The average molecular weight is 525 g/mol. The minimum atomic E-state index is -0.213. The molecule has 0 radical (unpaired) electrons. The molecule has 7 atom stereocenters. The Morgan fingerprint density at radius 3 is 2.49 bits per heavy atom. The van der Waals surface area contributed by atoms with Crippen LogP contribution in [0.15, 0.2) is 35.9 Å². The molecule has 0 amide bonds. The lowest BCUT2D eigenvalue weighted by Gasteiger charge is -2.58. The Bertz CT molecular complexity index is 967. The van der Waals surface area contributed by atoms with Crippen molar-refractivity contribution in [1.29, 1.82) is 0 Å². The molecule has 0 saturated heterocycles. The molecule has 3 heteroatoms. The van der Waals surface area contributed by atoms with Gasteiger partial charge in [0.05, 0.1) is 5.56 Å². The number of esters is 1. The van der Waals surface area contributed by atoms with Crippen molar-refractivity contribution in [3.05, 3.63) is 46.5 Å². The second kappa shape index (κ2) is 11.4. The van der Waals surface area contributed by atoms with Gasteiger partial charge in [-0.2, -0.15) is 0 Å². The number of ether oxygens (including phenoxy) is 1. The molecule has 0 N–H and O–H groups in total. The summed E-state index contributed by atoms with van der Waals surface area (Å²) in [5.41, 5.74) is 3.04. The first-order valence-electron chi connectivity index (χ1n) is 15.5. The van der Waals surface area contributed by atoms with Gasteiger partial charge < -0.3 is 4.74 Å². The molecule has 1 aromatic rings. The van der Waals surface area contributed by atoms with Crippen LogP contribution < -0.4 is 0 Å². The first-order valence-corrected chi connectivity index (χ1v) is 15.9. The van der Waals surface area contributed by atoms with E-state index in [0.29, 0.717) is 21.4 Å². The molecule has 3 saturated carbocycles. The highest BCUT2D eigenvalue weighted by atomic mass is 35.5. The first kappa shape index (κ1) is 27.3. The number of allylic oxidation sites excluding steroid dienone is 1. The SMILES string of the molecule is CCCCCCCCC1CCC2C3CC=C4C[C@@H](OC(=O)c5ccc(Cl)cc5)CC[C@]4(C)C3CC[C@]12C. The molecule has 2 nitrogen and oxygen atoms in total. The van der Waals surface area contributed by atoms with E-state index in [2.05, 4.69) is 26.8 Å². The van der Waals surface area contributed by atoms with Gasteiger partial charge in [0, 0.05) is 11.4 Å². The van der Waals surface area contributed by atoms with E-state index >= 15 is 0 Å². The van der Waals surface area contributed by atoms with Gasteiger partial charge in [-0.05, 0) is 110 Å². The van der Waals surface area contributed by atoms with Gasteiger partial charge in [-0.3, -0.25) is 0 Å². The third kappa shape index (κ3) is 5.43. The van der Waals surface area contributed by atoms with Gasteiger partial charge >= 0.3 is 5.97 Å². The van der Waals surface area contributed by atoms with Crippen molar-refractivity contribution in [2.24, 2.45) is 34.5 Å². The lowest BCUT2D eigenvalue weighted by atomic mass is 9.47. The summed E-state index contributed by atoms with van der Waals surface area (Å²) in [5, 5.41) is 0.645. The van der Waals surface area contributed by atoms with Crippen molar-refractivity contribution in [1.82, 2.24) is 0 Å². The van der Waals surface area contributed by atoms with Crippen molar-refractivity contribution in [3.63, 3.8) is 0 Å². The van der Waals surface area contributed by atoms with Crippen LogP contribution >= 0.6 is 11.6 Å². The Morgan fingerprint density at radius 1 is 0.946 bits per heavy atom. The van der Waals surface area contributed by atoms with Crippen LogP contribution in [0.4, 0.5) is 0 Å². The maximum atomic E-state index is 12.7. The van der Waals surface area contributed by atoms with Crippen molar-refractivity contribution < 1.29 is 9.53 Å². The quantitative estimate of drug-likeness (QED) is 0.182. The van der Waals surface area contributed by atoms with Crippen LogP contribution in [0, 0.1) is 34.5 Å². The lowest BCUT2D eigenvalue weighted by molar-refractivity contribution is -0.0536. The monoisotopic (exact) mass is 524 g/mol. The largest absolute Gasteiger partial charge is 0.458 e. The zero-order valence-corrected chi connectivity index (χ0v) is 24.3. The molecule has 0 spiro atoms. The molecular formula is C34H49ClO2. The predicted octanol–water partition coefficient (Wildman–Crippen LogP) is 10.2. The minimum Gasteiger partial charge on any atom is -0.458 e. The summed E-state index contributed by atoms with van der Waals surface area (Å²) in [5.74, 6) is 3.31. The van der Waals surface area contributed by atoms with E-state index in [1.165, 1.54) is 77.0 Å². The third-order valence-corrected chi connectivity index (χ3v) is 11.8. The standard InChI is InChI=1S/C34H49ClO2/c1-4-5-6-7-8-9-10-25-14-18-30-29-17-13-26-23-28(37-32(36)24-11-15-27(35)16-12-24)19-21-34(26,3)31(29)20-22-33(25,30)2/h11-13,15-16,25,28-31H,4-10,14,17-23H2,1-3H3/t25?,28-,29?,30?,31?,33+,34-/m0/s1. The van der Waals surface area contributed by atoms with Crippen molar-refractivity contribution in [2.75, 3.05) is 0 Å². The molecule has 5 rings (SSSR count). The van der Waals surface area contributed by atoms with Gasteiger partial charge in [0.25, 0.3) is 0 Å². The smallest absolute Gasteiger partial charge is 0.338 e. The maximum absolute atomic E-state index is 12.7. The van der Waals surface area contributed by atoms with E-state index in [0.717, 1.165) is 42.9 Å². The van der Waals surface area contributed by atoms with Gasteiger partial charge in [-0.1, -0.05) is 82.5 Å². The van der Waals surface area contributed by atoms with Crippen molar-refractivity contribution in [2.45, 2.75) is 123 Å². The Kier molecular flexibility index (Phi) is 8.45. The number of benzene rings is 1. The van der Waals surface area contributed by atoms with Crippen LogP contribution in [0.25, 0.3) is 0 Å². The van der Waals surface area contributed by atoms with Crippen LogP contribution in [0.1, 0.15) is 127 Å². The van der Waals surface area contributed by atoms with Crippen LogP contribution in [0.5, 0.6) is 0 Å². The zero-order chi connectivity index (χ0) is 26.0. The van der Waals surface area contributed by atoms with E-state index in [1.54, 1.807) is 29.8 Å². The molecule has 0 heterocycles. The summed E-state index contributed by atoms with van der Waals surface area (Å²) in [7, 11) is 0.